The highest BCUT2D eigenvalue weighted by Gasteiger charge is 2.28. The van der Waals surface area contributed by atoms with E-state index in [2.05, 4.69) is 11.8 Å². The summed E-state index contributed by atoms with van der Waals surface area (Å²) in [5.41, 5.74) is 1.99. The molecule has 0 aromatic carbocycles. The van der Waals surface area contributed by atoms with E-state index in [-0.39, 0.29) is 5.78 Å². The molecule has 2 heteroatoms. The fraction of sp³-hybridized carbons (Fsp3) is 0.588. The smallest absolute Gasteiger partial charge is 0.176 e. The molecule has 0 spiro atoms. The Balaban J connectivity index is 0. The molecule has 0 radical (unpaired) electrons. The number of rotatable bonds is 1. The topological polar surface area (TPSA) is 20.3 Å². The van der Waals surface area contributed by atoms with Gasteiger partial charge in [0.25, 0.3) is 0 Å². The van der Waals surface area contributed by atoms with Crippen molar-refractivity contribution in [2.45, 2.75) is 54.5 Å². The van der Waals surface area contributed by atoms with Crippen molar-refractivity contribution in [3.63, 3.8) is 0 Å². The first-order valence-corrected chi connectivity index (χ1v) is 7.34. The molecule has 1 rings (SSSR count). The number of likely N-dealkylation sites (N-methyl/N-ethyl adjacent to an activating group) is 1. The first kappa shape index (κ1) is 20.2. The van der Waals surface area contributed by atoms with E-state index in [1.165, 1.54) is 0 Å². The van der Waals surface area contributed by atoms with Crippen molar-refractivity contribution in [3.05, 3.63) is 35.5 Å². The Morgan fingerprint density at radius 2 is 1.68 bits per heavy atom. The van der Waals surface area contributed by atoms with Gasteiger partial charge in [-0.25, -0.2) is 0 Å². The molecule has 1 aliphatic rings. The van der Waals surface area contributed by atoms with Crippen molar-refractivity contribution >= 4 is 5.78 Å². The molecular formula is C17H31NO. The van der Waals surface area contributed by atoms with Crippen LogP contribution in [-0.2, 0) is 4.79 Å². The van der Waals surface area contributed by atoms with Crippen LogP contribution in [0.1, 0.15) is 48.5 Å². The van der Waals surface area contributed by atoms with Gasteiger partial charge in [-0.05, 0) is 33.4 Å². The number of ketones is 1. The van der Waals surface area contributed by atoms with E-state index < -0.39 is 0 Å². The predicted octanol–water partition coefficient (Wildman–Crippen LogP) is 4.39. The molecule has 0 aromatic rings. The van der Waals surface area contributed by atoms with E-state index in [0.29, 0.717) is 12.6 Å². The SMILES string of the molecule is CC.CC.C\C=C/C=C1\C(=C/C)C(=O)CN(C)C1C. The lowest BCUT2D eigenvalue weighted by atomic mass is 9.90. The highest BCUT2D eigenvalue weighted by molar-refractivity contribution is 6.02. The molecule has 0 aromatic heterocycles. The van der Waals surface area contributed by atoms with Gasteiger partial charge in [0.1, 0.15) is 0 Å². The third-order valence-electron chi connectivity index (χ3n) is 2.87. The summed E-state index contributed by atoms with van der Waals surface area (Å²) in [5, 5.41) is 0. The van der Waals surface area contributed by atoms with E-state index in [1.54, 1.807) is 0 Å². The van der Waals surface area contributed by atoms with Crippen LogP contribution in [-0.4, -0.2) is 30.3 Å². The van der Waals surface area contributed by atoms with Gasteiger partial charge in [0.05, 0.1) is 6.54 Å². The van der Waals surface area contributed by atoms with Crippen molar-refractivity contribution < 1.29 is 4.79 Å². The Morgan fingerprint density at radius 3 is 2.11 bits per heavy atom. The van der Waals surface area contributed by atoms with Crippen LogP contribution in [0.4, 0.5) is 0 Å². The molecule has 1 saturated heterocycles. The zero-order valence-electron chi connectivity index (χ0n) is 13.9. The quantitative estimate of drug-likeness (QED) is 0.655. The van der Waals surface area contributed by atoms with E-state index in [9.17, 15) is 4.79 Å². The van der Waals surface area contributed by atoms with E-state index >= 15 is 0 Å². The maximum Gasteiger partial charge on any atom is 0.176 e. The molecule has 0 bridgehead atoms. The van der Waals surface area contributed by atoms with Gasteiger partial charge in [0, 0.05) is 11.6 Å². The largest absolute Gasteiger partial charge is 0.293 e. The molecule has 0 amide bonds. The van der Waals surface area contributed by atoms with Gasteiger partial charge in [-0.3, -0.25) is 9.69 Å². The molecule has 2 nitrogen and oxygen atoms in total. The molecule has 0 saturated carbocycles. The van der Waals surface area contributed by atoms with Gasteiger partial charge in [-0.2, -0.15) is 0 Å². The molecule has 1 fully saturated rings. The number of carbonyl (C=O) groups excluding carboxylic acids is 1. The fourth-order valence-corrected chi connectivity index (χ4v) is 1.83. The molecule has 1 aliphatic heterocycles. The van der Waals surface area contributed by atoms with Crippen LogP contribution in [0.25, 0.3) is 0 Å². The van der Waals surface area contributed by atoms with Gasteiger partial charge in [0.15, 0.2) is 5.78 Å². The van der Waals surface area contributed by atoms with Crippen LogP contribution in [0.2, 0.25) is 0 Å². The van der Waals surface area contributed by atoms with Crippen molar-refractivity contribution in [1.29, 1.82) is 0 Å². The molecule has 0 N–H and O–H groups in total. The Labute approximate surface area is 119 Å². The summed E-state index contributed by atoms with van der Waals surface area (Å²) in [7, 11) is 1.98. The molecule has 1 unspecified atom stereocenters. The Kier molecular flexibility index (Phi) is 12.6. The highest BCUT2D eigenvalue weighted by atomic mass is 16.1. The highest BCUT2D eigenvalue weighted by Crippen LogP contribution is 2.24. The lowest BCUT2D eigenvalue weighted by Gasteiger charge is -2.32. The number of hydrogen-bond donors (Lipinski definition) is 0. The van der Waals surface area contributed by atoms with Crippen molar-refractivity contribution in [2.75, 3.05) is 13.6 Å². The van der Waals surface area contributed by atoms with Crippen LogP contribution in [0.5, 0.6) is 0 Å². The zero-order chi connectivity index (χ0) is 15.4. The average Bonchev–Trinajstić information content (AvgIpc) is 2.45. The van der Waals surface area contributed by atoms with E-state index in [0.717, 1.165) is 11.1 Å². The second-order valence-corrected chi connectivity index (χ2v) is 3.86. The minimum Gasteiger partial charge on any atom is -0.293 e. The van der Waals surface area contributed by atoms with Gasteiger partial charge in [0.2, 0.25) is 0 Å². The lowest BCUT2D eigenvalue weighted by Crippen LogP contribution is -2.42. The lowest BCUT2D eigenvalue weighted by molar-refractivity contribution is -0.117. The number of allylic oxidation sites excluding steroid dienone is 4. The number of nitrogens with zero attached hydrogens (tertiary/aromatic N) is 1. The summed E-state index contributed by atoms with van der Waals surface area (Å²) in [6.07, 6.45) is 7.92. The van der Waals surface area contributed by atoms with Gasteiger partial charge in [-0.1, -0.05) is 52.0 Å². The predicted molar refractivity (Wildman–Crippen MR) is 86.4 cm³/mol. The maximum absolute atomic E-state index is 11.8. The van der Waals surface area contributed by atoms with E-state index in [1.807, 2.05) is 72.9 Å². The number of likely N-dealkylation sites (tertiary alicyclic amines) is 1. The third-order valence-corrected chi connectivity index (χ3v) is 2.87. The number of piperidine rings is 1. The summed E-state index contributed by atoms with van der Waals surface area (Å²) in [4.78, 5) is 13.9. The Hall–Kier alpha value is -1.15. The second kappa shape index (κ2) is 11.9. The van der Waals surface area contributed by atoms with Crippen LogP contribution >= 0.6 is 0 Å². The van der Waals surface area contributed by atoms with Crippen LogP contribution < -0.4 is 0 Å². The maximum atomic E-state index is 11.8. The van der Waals surface area contributed by atoms with Gasteiger partial charge < -0.3 is 0 Å². The minimum atomic E-state index is 0.217. The summed E-state index contributed by atoms with van der Waals surface area (Å²) in [6.45, 7) is 14.6. The summed E-state index contributed by atoms with van der Waals surface area (Å²) >= 11 is 0. The normalized spacial score (nSPS) is 24.0. The van der Waals surface area contributed by atoms with Crippen molar-refractivity contribution in [3.8, 4) is 0 Å². The van der Waals surface area contributed by atoms with Crippen LogP contribution in [0, 0.1) is 0 Å². The molecular weight excluding hydrogens is 234 g/mol. The van der Waals surface area contributed by atoms with E-state index in [4.69, 9.17) is 0 Å². The fourth-order valence-electron chi connectivity index (χ4n) is 1.83. The molecule has 19 heavy (non-hydrogen) atoms. The zero-order valence-corrected chi connectivity index (χ0v) is 13.9. The first-order chi connectivity index (χ1) is 9.11. The van der Waals surface area contributed by atoms with Crippen LogP contribution in [0.15, 0.2) is 35.5 Å². The molecule has 110 valence electrons. The third kappa shape index (κ3) is 6.02. The molecule has 0 aliphatic carbocycles. The summed E-state index contributed by atoms with van der Waals surface area (Å²) in [5.74, 6) is 0.217. The standard InChI is InChI=1S/C13H19NO.2C2H6/c1-5-7-8-12-10(3)14(4)9-13(15)11(12)6-2;2*1-2/h5-8,10H,9H2,1-4H3;2*1-2H3/b7-5-,11-6+,12-8-;;. The monoisotopic (exact) mass is 265 g/mol. The van der Waals surface area contributed by atoms with Crippen molar-refractivity contribution in [1.82, 2.24) is 4.90 Å². The Bertz CT molecular complexity index is 337. The second-order valence-electron chi connectivity index (χ2n) is 3.86. The molecule has 1 heterocycles. The summed E-state index contributed by atoms with van der Waals surface area (Å²) in [6, 6.07) is 0.310. The number of Topliss-reactive ketones (excluding diaryl/α,β-unsaturated/α-hetero) is 1. The Morgan fingerprint density at radius 1 is 1.16 bits per heavy atom. The number of carbonyl (C=O) groups is 1. The molecule has 1 atom stereocenters. The minimum absolute atomic E-state index is 0.217. The first-order valence-electron chi connectivity index (χ1n) is 7.34. The summed E-state index contributed by atoms with van der Waals surface area (Å²) < 4.78 is 0. The van der Waals surface area contributed by atoms with Gasteiger partial charge in [-0.15, -0.1) is 0 Å². The van der Waals surface area contributed by atoms with Crippen molar-refractivity contribution in [2.24, 2.45) is 0 Å². The average molecular weight is 265 g/mol. The van der Waals surface area contributed by atoms with Crippen LogP contribution in [0.3, 0.4) is 0 Å². The van der Waals surface area contributed by atoms with Gasteiger partial charge >= 0.3 is 0 Å². The number of hydrogen-bond acceptors (Lipinski definition) is 2.